The Bertz CT molecular complexity index is 893. The van der Waals surface area contributed by atoms with Crippen molar-refractivity contribution >= 4 is 23.9 Å². The Kier molecular flexibility index (Phi) is 11.0. The summed E-state index contributed by atoms with van der Waals surface area (Å²) in [6.07, 6.45) is -12.5. The number of ether oxygens (including phenoxy) is 7. The summed E-state index contributed by atoms with van der Waals surface area (Å²) in [4.78, 5) is 48.9. The molecule has 2 N–H and O–H groups in total. The number of esters is 4. The number of hydrogen-bond donors (Lipinski definition) is 2. The van der Waals surface area contributed by atoms with Gasteiger partial charge >= 0.3 is 23.9 Å². The van der Waals surface area contributed by atoms with Gasteiger partial charge in [0.2, 0.25) is 0 Å². The SMILES string of the molecule is CC(=O)OCC1O[C@@H](N=[N+]=[N-])[C@@H](C)C(O)[C@@H]1O[C@@H]1OC(COC(C)=O)[C@H](OC(C)=O)C(O)[C@@H]1OC(C)=O. The Morgan fingerprint density at radius 1 is 0.811 bits per heavy atom. The lowest BCUT2D eigenvalue weighted by Gasteiger charge is -2.47. The molecule has 0 aromatic rings. The lowest BCUT2D eigenvalue weighted by Crippen LogP contribution is -2.64. The minimum Gasteiger partial charge on any atom is -0.463 e. The Morgan fingerprint density at radius 3 is 1.81 bits per heavy atom. The molecule has 16 heteroatoms. The lowest BCUT2D eigenvalue weighted by molar-refractivity contribution is -0.340. The molecule has 37 heavy (non-hydrogen) atoms. The van der Waals surface area contributed by atoms with E-state index < -0.39 is 98.3 Å². The molecule has 10 atom stereocenters. The van der Waals surface area contributed by atoms with Gasteiger partial charge in [-0.15, -0.1) is 0 Å². The fourth-order valence-electron chi connectivity index (χ4n) is 3.90. The van der Waals surface area contributed by atoms with E-state index in [1.54, 1.807) is 0 Å². The molecule has 2 rings (SSSR count). The van der Waals surface area contributed by atoms with Crippen LogP contribution in [0.5, 0.6) is 0 Å². The van der Waals surface area contributed by atoms with Crippen LogP contribution in [0.4, 0.5) is 0 Å². The standard InChI is InChI=1S/C21H31N3O13/c1-8-15(29)17(13(6-31-9(2)25)35-20(8)23-24-22)37-21-19(34-12(5)28)16(30)18(33-11(4)27)14(36-21)7-32-10(3)26/h8,13-21,29-30H,6-7H2,1-5H3/t8-,13?,14?,15?,16?,17+,18-,19-,20+,21-/m0/s1. The van der Waals surface area contributed by atoms with Gasteiger partial charge in [0.05, 0.1) is 6.10 Å². The molecule has 0 bridgehead atoms. The smallest absolute Gasteiger partial charge is 0.303 e. The van der Waals surface area contributed by atoms with Crippen LogP contribution < -0.4 is 0 Å². The van der Waals surface area contributed by atoms with Gasteiger partial charge in [0.25, 0.3) is 0 Å². The Balaban J connectivity index is 2.40. The fourth-order valence-corrected chi connectivity index (χ4v) is 3.90. The molecule has 0 radical (unpaired) electrons. The minimum atomic E-state index is -1.70. The maximum Gasteiger partial charge on any atom is 0.303 e. The van der Waals surface area contributed by atoms with Gasteiger partial charge < -0.3 is 43.4 Å². The second-order valence-corrected chi connectivity index (χ2v) is 8.51. The van der Waals surface area contributed by atoms with Crippen molar-refractivity contribution in [3.63, 3.8) is 0 Å². The molecule has 0 aromatic heterocycles. The van der Waals surface area contributed by atoms with E-state index in [2.05, 4.69) is 10.0 Å². The zero-order valence-electron chi connectivity index (χ0n) is 20.9. The highest BCUT2D eigenvalue weighted by Crippen LogP contribution is 2.34. The molecule has 0 saturated carbocycles. The third-order valence-corrected chi connectivity index (χ3v) is 5.59. The van der Waals surface area contributed by atoms with Crippen LogP contribution in [0.3, 0.4) is 0 Å². The summed E-state index contributed by atoms with van der Waals surface area (Å²) in [5, 5.41) is 25.4. The second-order valence-electron chi connectivity index (χ2n) is 8.51. The number of azide groups is 1. The zero-order valence-corrected chi connectivity index (χ0v) is 20.9. The molecule has 0 aliphatic carbocycles. The summed E-state index contributed by atoms with van der Waals surface area (Å²) in [6.45, 7) is 5.05. The molecule has 2 fully saturated rings. The maximum absolute atomic E-state index is 11.8. The van der Waals surface area contributed by atoms with E-state index in [0.717, 1.165) is 27.7 Å². The molecule has 208 valence electrons. The molecule has 2 aliphatic heterocycles. The lowest BCUT2D eigenvalue weighted by atomic mass is 9.91. The number of nitrogens with zero attached hydrogens (tertiary/aromatic N) is 3. The monoisotopic (exact) mass is 533 g/mol. The molecule has 0 amide bonds. The molecular formula is C21H31N3O13. The van der Waals surface area contributed by atoms with Gasteiger partial charge in [-0.3, -0.25) is 19.2 Å². The van der Waals surface area contributed by atoms with Crippen molar-refractivity contribution in [2.24, 2.45) is 11.0 Å². The quantitative estimate of drug-likeness (QED) is 0.125. The molecule has 0 aromatic carbocycles. The van der Waals surface area contributed by atoms with Crippen LogP contribution in [0.25, 0.3) is 10.4 Å². The van der Waals surface area contributed by atoms with E-state index in [9.17, 15) is 29.4 Å². The van der Waals surface area contributed by atoms with E-state index in [-0.39, 0.29) is 0 Å². The van der Waals surface area contributed by atoms with Crippen LogP contribution >= 0.6 is 0 Å². The average molecular weight is 533 g/mol. The van der Waals surface area contributed by atoms with E-state index in [0.29, 0.717) is 0 Å². The fraction of sp³-hybridized carbons (Fsp3) is 0.810. The van der Waals surface area contributed by atoms with Crippen LogP contribution in [0.2, 0.25) is 0 Å². The Hall–Kier alpha value is -3.01. The van der Waals surface area contributed by atoms with Crippen molar-refractivity contribution in [1.82, 2.24) is 0 Å². The van der Waals surface area contributed by atoms with Crippen LogP contribution in [-0.4, -0.2) is 103 Å². The van der Waals surface area contributed by atoms with Gasteiger partial charge in [-0.25, -0.2) is 0 Å². The maximum atomic E-state index is 11.8. The van der Waals surface area contributed by atoms with E-state index >= 15 is 0 Å². The highest BCUT2D eigenvalue weighted by molar-refractivity contribution is 5.67. The van der Waals surface area contributed by atoms with Gasteiger partial charge in [0, 0.05) is 38.5 Å². The minimum absolute atomic E-state index is 0.415. The van der Waals surface area contributed by atoms with Crippen molar-refractivity contribution in [2.75, 3.05) is 13.2 Å². The first-order chi connectivity index (χ1) is 17.3. The highest BCUT2D eigenvalue weighted by atomic mass is 16.7. The van der Waals surface area contributed by atoms with Gasteiger partial charge in [-0.1, -0.05) is 12.0 Å². The van der Waals surface area contributed by atoms with Crippen molar-refractivity contribution in [2.45, 2.75) is 89.9 Å². The summed E-state index contributed by atoms with van der Waals surface area (Å²) in [5.74, 6) is -3.79. The van der Waals surface area contributed by atoms with Gasteiger partial charge in [0.15, 0.2) is 18.5 Å². The molecule has 2 saturated heterocycles. The topological polar surface area (TPSA) is 222 Å². The number of aliphatic hydroxyl groups excluding tert-OH is 2. The molecule has 2 heterocycles. The average Bonchev–Trinajstić information content (AvgIpc) is 2.80. The first-order valence-electron chi connectivity index (χ1n) is 11.3. The van der Waals surface area contributed by atoms with Gasteiger partial charge in [-0.2, -0.15) is 0 Å². The highest BCUT2D eigenvalue weighted by Gasteiger charge is 2.53. The predicted octanol–water partition coefficient (Wildman–Crippen LogP) is -0.521. The van der Waals surface area contributed by atoms with Gasteiger partial charge in [0.1, 0.15) is 43.9 Å². The largest absolute Gasteiger partial charge is 0.463 e. The number of rotatable bonds is 9. The van der Waals surface area contributed by atoms with Crippen molar-refractivity contribution < 1.29 is 62.5 Å². The molecule has 2 aliphatic rings. The number of hydrogen-bond acceptors (Lipinski definition) is 14. The Morgan fingerprint density at radius 2 is 1.32 bits per heavy atom. The summed E-state index contributed by atoms with van der Waals surface area (Å²) >= 11 is 0. The van der Waals surface area contributed by atoms with E-state index in [1.807, 2.05) is 0 Å². The summed E-state index contributed by atoms with van der Waals surface area (Å²) < 4.78 is 37.7. The Labute approximate surface area is 211 Å². The third kappa shape index (κ3) is 8.24. The number of aliphatic hydroxyl groups is 2. The van der Waals surface area contributed by atoms with Crippen LogP contribution in [0.1, 0.15) is 34.6 Å². The number of carbonyl (C=O) groups is 4. The molecule has 4 unspecified atom stereocenters. The van der Waals surface area contributed by atoms with Crippen LogP contribution in [-0.2, 0) is 52.3 Å². The summed E-state index contributed by atoms with van der Waals surface area (Å²) in [5.41, 5.74) is 8.82. The predicted molar refractivity (Wildman–Crippen MR) is 117 cm³/mol. The third-order valence-electron chi connectivity index (χ3n) is 5.59. The first-order valence-corrected chi connectivity index (χ1v) is 11.3. The zero-order chi connectivity index (χ0) is 27.9. The van der Waals surface area contributed by atoms with Crippen molar-refractivity contribution in [3.05, 3.63) is 10.4 Å². The molecule has 0 spiro atoms. The van der Waals surface area contributed by atoms with E-state index in [1.165, 1.54) is 6.92 Å². The number of carbonyl (C=O) groups excluding carboxylic acids is 4. The molecular weight excluding hydrogens is 502 g/mol. The van der Waals surface area contributed by atoms with Crippen LogP contribution in [0.15, 0.2) is 5.11 Å². The second kappa shape index (κ2) is 13.5. The molecule has 16 nitrogen and oxygen atoms in total. The van der Waals surface area contributed by atoms with Crippen LogP contribution in [0, 0.1) is 5.92 Å². The first kappa shape index (κ1) is 30.2. The summed E-state index contributed by atoms with van der Waals surface area (Å²) in [6, 6.07) is 0. The van der Waals surface area contributed by atoms with Gasteiger partial charge in [-0.05, 0) is 5.53 Å². The van der Waals surface area contributed by atoms with Crippen molar-refractivity contribution in [3.8, 4) is 0 Å². The van der Waals surface area contributed by atoms with Crippen molar-refractivity contribution in [1.29, 1.82) is 0 Å². The van der Waals surface area contributed by atoms with E-state index in [4.69, 9.17) is 38.7 Å². The normalized spacial score (nSPS) is 35.4. The summed E-state index contributed by atoms with van der Waals surface area (Å²) in [7, 11) is 0.